The molecule has 1 N–H and O–H groups in total. The van der Waals surface area contributed by atoms with Gasteiger partial charge in [0.1, 0.15) is 6.54 Å². The summed E-state index contributed by atoms with van der Waals surface area (Å²) in [7, 11) is 0. The number of hydrazone groups is 1. The number of carbonyl (C=O) groups excluding carboxylic acids is 2. The number of amides is 3. The van der Waals surface area contributed by atoms with Crippen molar-refractivity contribution in [2.45, 2.75) is 0 Å². The maximum absolute atomic E-state index is 12.3. The zero-order chi connectivity index (χ0) is 20.7. The number of carbonyl (C=O) groups is 2. The van der Waals surface area contributed by atoms with Gasteiger partial charge in [-0.25, -0.2) is 19.9 Å². The lowest BCUT2D eigenvalue weighted by Crippen LogP contribution is -2.46. The molecular formula is C13H16N6O9. The van der Waals surface area contributed by atoms with Gasteiger partial charge in [0.2, 0.25) is 0 Å². The molecule has 1 aromatic rings. The van der Waals surface area contributed by atoms with Crippen LogP contribution < -0.4 is 0 Å². The lowest BCUT2D eigenvalue weighted by Gasteiger charge is -2.29. The molecule has 0 saturated carbocycles. The number of furan rings is 1. The molecule has 2 aliphatic heterocycles. The fourth-order valence-electron chi connectivity index (χ4n) is 2.34. The van der Waals surface area contributed by atoms with E-state index in [1.807, 2.05) is 4.90 Å². The average Bonchev–Trinajstić information content (AvgIpc) is 3.21. The van der Waals surface area contributed by atoms with E-state index in [1.165, 1.54) is 18.3 Å². The summed E-state index contributed by atoms with van der Waals surface area (Å²) in [6.45, 7) is 2.49. The maximum atomic E-state index is 12.3. The summed E-state index contributed by atoms with van der Waals surface area (Å²) in [5.74, 6) is -0.495. The third-order valence-corrected chi connectivity index (χ3v) is 3.61. The Morgan fingerprint density at radius 3 is 2.43 bits per heavy atom. The Bertz CT molecular complexity index is 768. The second kappa shape index (κ2) is 9.38. The molecule has 3 heterocycles. The first-order chi connectivity index (χ1) is 13.3. The van der Waals surface area contributed by atoms with Gasteiger partial charge in [-0.1, -0.05) is 0 Å². The molecule has 0 atom stereocenters. The van der Waals surface area contributed by atoms with Gasteiger partial charge in [0.05, 0.1) is 42.2 Å². The maximum Gasteiger partial charge on any atom is 0.480 e. The number of urea groups is 1. The number of ether oxygens (including phenoxy) is 1. The summed E-state index contributed by atoms with van der Waals surface area (Å²) in [6.07, 6.45) is 1.19. The number of imide groups is 1. The van der Waals surface area contributed by atoms with E-state index in [2.05, 4.69) is 5.10 Å². The third kappa shape index (κ3) is 5.71. The summed E-state index contributed by atoms with van der Waals surface area (Å²) >= 11 is 0. The van der Waals surface area contributed by atoms with Gasteiger partial charge in [-0.2, -0.15) is 5.10 Å². The van der Waals surface area contributed by atoms with Gasteiger partial charge in [-0.15, -0.1) is 0 Å². The number of hydrogen-bond acceptors (Lipinski definition) is 10. The van der Waals surface area contributed by atoms with Gasteiger partial charge in [0.15, 0.2) is 5.76 Å². The standard InChI is InChI=1S/C13H16N5O6.NO3/c19-11-8-17(14-7-10-1-2-12(24-10)18(21)22)13(20)16(11)9-15-3-5-23-6-4-15;2-1(3)4/h1-2,7H,3-6,8-9H2,(H,21,22);/q+1;-1. The molecule has 0 unspecified atom stereocenters. The van der Waals surface area contributed by atoms with Crippen LogP contribution in [0.15, 0.2) is 21.7 Å². The fourth-order valence-corrected chi connectivity index (χ4v) is 2.34. The monoisotopic (exact) mass is 400 g/mol. The van der Waals surface area contributed by atoms with E-state index in [9.17, 15) is 14.5 Å². The van der Waals surface area contributed by atoms with E-state index < -0.39 is 16.0 Å². The largest absolute Gasteiger partial charge is 0.480 e. The Morgan fingerprint density at radius 1 is 1.21 bits per heavy atom. The SMILES string of the molecule is O=C1CN(N=Cc2ccc([N+](=O)O)o2)C(=O)N1CN1CCOCC1.O=[N+]([O-])[O-]. The molecule has 0 bridgehead atoms. The van der Waals surface area contributed by atoms with E-state index in [4.69, 9.17) is 29.7 Å². The number of morpholine rings is 1. The Morgan fingerprint density at radius 2 is 1.86 bits per heavy atom. The number of nitrogens with zero attached hydrogens (tertiary/aromatic N) is 6. The van der Waals surface area contributed by atoms with E-state index >= 15 is 0 Å². The Labute approximate surface area is 156 Å². The van der Waals surface area contributed by atoms with Crippen LogP contribution in [0.3, 0.4) is 0 Å². The van der Waals surface area contributed by atoms with Gasteiger partial charge in [-0.3, -0.25) is 9.69 Å². The van der Waals surface area contributed by atoms with Gasteiger partial charge < -0.3 is 24.5 Å². The molecule has 0 aliphatic carbocycles. The highest BCUT2D eigenvalue weighted by Gasteiger charge is 2.37. The normalized spacial score (nSPS) is 17.7. The first kappa shape index (κ1) is 20.7. The van der Waals surface area contributed by atoms with Gasteiger partial charge in [0, 0.05) is 13.1 Å². The van der Waals surface area contributed by atoms with Crippen molar-refractivity contribution in [2.24, 2.45) is 5.10 Å². The topological polar surface area (TPSA) is 185 Å². The molecular weight excluding hydrogens is 384 g/mol. The van der Waals surface area contributed by atoms with E-state index in [0.29, 0.717) is 26.3 Å². The van der Waals surface area contributed by atoms with E-state index in [-0.39, 0.29) is 30.8 Å². The minimum Gasteiger partial charge on any atom is -0.397 e. The fraction of sp³-hybridized carbons (Fsp3) is 0.462. The average molecular weight is 400 g/mol. The quantitative estimate of drug-likeness (QED) is 0.298. The number of hydrogen-bond donors (Lipinski definition) is 1. The van der Waals surface area contributed by atoms with Crippen LogP contribution in [0.4, 0.5) is 10.7 Å². The molecule has 152 valence electrons. The number of rotatable bonds is 5. The van der Waals surface area contributed by atoms with Crippen molar-refractivity contribution in [3.8, 4) is 0 Å². The molecule has 15 heteroatoms. The van der Waals surface area contributed by atoms with Crippen LogP contribution in [0.5, 0.6) is 0 Å². The minimum absolute atomic E-state index is 0.159. The van der Waals surface area contributed by atoms with Gasteiger partial charge >= 0.3 is 11.9 Å². The summed E-state index contributed by atoms with van der Waals surface area (Å²) < 4.78 is 10.2. The minimum atomic E-state index is -1.75. The second-order valence-electron chi connectivity index (χ2n) is 5.45. The molecule has 3 rings (SSSR count). The first-order valence-corrected chi connectivity index (χ1v) is 7.81. The van der Waals surface area contributed by atoms with Crippen LogP contribution in [0.25, 0.3) is 0 Å². The highest BCUT2D eigenvalue weighted by molar-refractivity contribution is 6.02. The molecule has 1 aromatic heterocycles. The second-order valence-corrected chi connectivity index (χ2v) is 5.45. The predicted octanol–water partition coefficient (Wildman–Crippen LogP) is -0.272. The van der Waals surface area contributed by atoms with Crippen LogP contribution in [-0.2, 0) is 9.53 Å². The summed E-state index contributed by atoms with van der Waals surface area (Å²) in [4.78, 5) is 45.8. The molecule has 0 spiro atoms. The lowest BCUT2D eigenvalue weighted by atomic mass is 10.4. The molecule has 2 saturated heterocycles. The van der Waals surface area contributed by atoms with Crippen molar-refractivity contribution in [2.75, 3.05) is 39.5 Å². The summed E-state index contributed by atoms with van der Waals surface area (Å²) in [6, 6.07) is 2.12. The van der Waals surface area contributed by atoms with Crippen LogP contribution >= 0.6 is 0 Å². The molecule has 2 fully saturated rings. The first-order valence-electron chi connectivity index (χ1n) is 7.81. The Kier molecular flexibility index (Phi) is 6.94. The molecule has 2 aliphatic rings. The summed E-state index contributed by atoms with van der Waals surface area (Å²) in [5, 5.41) is 28.4. The van der Waals surface area contributed by atoms with Crippen molar-refractivity contribution >= 4 is 24.0 Å². The Hall–Kier alpha value is -3.59. The highest BCUT2D eigenvalue weighted by atomic mass is 16.9. The molecule has 3 amide bonds. The highest BCUT2D eigenvalue weighted by Crippen LogP contribution is 2.15. The molecule has 15 nitrogen and oxygen atoms in total. The van der Waals surface area contributed by atoms with Crippen LogP contribution in [0, 0.1) is 20.2 Å². The smallest absolute Gasteiger partial charge is 0.397 e. The predicted molar refractivity (Wildman–Crippen MR) is 87.9 cm³/mol. The lowest BCUT2D eigenvalue weighted by molar-refractivity contribution is -0.737. The van der Waals surface area contributed by atoms with Gasteiger partial charge in [-0.05, 0) is 6.07 Å². The summed E-state index contributed by atoms with van der Waals surface area (Å²) in [5.41, 5.74) is 0. The van der Waals surface area contributed by atoms with Crippen molar-refractivity contribution in [1.29, 1.82) is 0 Å². The zero-order valence-electron chi connectivity index (χ0n) is 14.4. The molecule has 0 aromatic carbocycles. The van der Waals surface area contributed by atoms with Crippen molar-refractivity contribution < 1.29 is 34.0 Å². The van der Waals surface area contributed by atoms with Crippen molar-refractivity contribution in [3.63, 3.8) is 0 Å². The van der Waals surface area contributed by atoms with E-state index in [1.54, 1.807) is 0 Å². The zero-order valence-corrected chi connectivity index (χ0v) is 14.4. The Balaban J connectivity index is 0.000000640. The molecule has 28 heavy (non-hydrogen) atoms. The third-order valence-electron chi connectivity index (χ3n) is 3.61. The van der Waals surface area contributed by atoms with E-state index in [0.717, 1.165) is 9.91 Å². The van der Waals surface area contributed by atoms with Crippen LogP contribution in [0.1, 0.15) is 5.76 Å². The van der Waals surface area contributed by atoms with Crippen LogP contribution in [-0.4, -0.2) is 87.7 Å². The van der Waals surface area contributed by atoms with Crippen molar-refractivity contribution in [3.05, 3.63) is 38.1 Å². The van der Waals surface area contributed by atoms with Crippen molar-refractivity contribution in [1.82, 2.24) is 14.8 Å². The molecule has 0 radical (unpaired) electrons. The van der Waals surface area contributed by atoms with Crippen LogP contribution in [0.2, 0.25) is 0 Å². The van der Waals surface area contributed by atoms with Gasteiger partial charge in [0.25, 0.3) is 10.8 Å².